The lowest BCUT2D eigenvalue weighted by Gasteiger charge is -2.07. The standard InChI is InChI=1S/C7H10FN3O2S/c1-3-13-6(12)5(8)11-4-9-10(2)7(11)14/h4-5H,3H2,1-2H3. The van der Waals surface area contributed by atoms with E-state index in [0.717, 1.165) is 10.9 Å². The molecular weight excluding hydrogens is 209 g/mol. The van der Waals surface area contributed by atoms with Crippen molar-refractivity contribution in [1.82, 2.24) is 14.3 Å². The van der Waals surface area contributed by atoms with E-state index in [-0.39, 0.29) is 11.4 Å². The number of carbonyl (C=O) groups excluding carboxylic acids is 1. The van der Waals surface area contributed by atoms with E-state index in [0.29, 0.717) is 0 Å². The van der Waals surface area contributed by atoms with Crippen molar-refractivity contribution in [2.45, 2.75) is 13.2 Å². The number of hydrogen-bond acceptors (Lipinski definition) is 4. The highest BCUT2D eigenvalue weighted by atomic mass is 32.1. The SMILES string of the molecule is CCOC(=O)C(F)n1cnn(C)c1=S. The Balaban J connectivity index is 2.89. The van der Waals surface area contributed by atoms with Gasteiger partial charge in [0.1, 0.15) is 6.33 Å². The fraction of sp³-hybridized carbons (Fsp3) is 0.571. The van der Waals surface area contributed by atoms with Crippen LogP contribution in [0.3, 0.4) is 0 Å². The van der Waals surface area contributed by atoms with Crippen LogP contribution in [0.2, 0.25) is 0 Å². The third-order valence-corrected chi connectivity index (χ3v) is 2.05. The Kier molecular flexibility index (Phi) is 3.34. The van der Waals surface area contributed by atoms with E-state index in [2.05, 4.69) is 9.84 Å². The Labute approximate surface area is 85.1 Å². The molecule has 14 heavy (non-hydrogen) atoms. The van der Waals surface area contributed by atoms with Gasteiger partial charge in [0.15, 0.2) is 4.77 Å². The minimum Gasteiger partial charge on any atom is -0.462 e. The molecule has 1 atom stereocenters. The molecule has 0 aliphatic rings. The average Bonchev–Trinajstić information content (AvgIpc) is 2.47. The van der Waals surface area contributed by atoms with Gasteiger partial charge in [-0.3, -0.25) is 4.57 Å². The van der Waals surface area contributed by atoms with Crippen molar-refractivity contribution in [2.75, 3.05) is 6.61 Å². The van der Waals surface area contributed by atoms with Crippen LogP contribution in [0.15, 0.2) is 6.33 Å². The van der Waals surface area contributed by atoms with Gasteiger partial charge >= 0.3 is 5.97 Å². The first kappa shape index (κ1) is 10.8. The first-order valence-electron chi connectivity index (χ1n) is 3.98. The van der Waals surface area contributed by atoms with E-state index >= 15 is 0 Å². The van der Waals surface area contributed by atoms with Crippen LogP contribution in [0.1, 0.15) is 13.2 Å². The minimum absolute atomic E-state index is 0.130. The molecule has 0 saturated carbocycles. The first-order valence-corrected chi connectivity index (χ1v) is 4.39. The maximum Gasteiger partial charge on any atom is 0.362 e. The second kappa shape index (κ2) is 4.32. The van der Waals surface area contributed by atoms with Crippen LogP contribution in [0.5, 0.6) is 0 Å². The number of alkyl halides is 1. The molecule has 0 aliphatic carbocycles. The summed E-state index contributed by atoms with van der Waals surface area (Å²) in [7, 11) is 1.57. The molecule has 1 rings (SSSR count). The van der Waals surface area contributed by atoms with Crippen molar-refractivity contribution < 1.29 is 13.9 Å². The monoisotopic (exact) mass is 219 g/mol. The summed E-state index contributed by atoms with van der Waals surface area (Å²) >= 11 is 4.82. The summed E-state index contributed by atoms with van der Waals surface area (Å²) in [5, 5.41) is 3.71. The summed E-state index contributed by atoms with van der Waals surface area (Å²) in [4.78, 5) is 11.0. The van der Waals surface area contributed by atoms with Crippen LogP contribution in [0.25, 0.3) is 0 Å². The normalized spacial score (nSPS) is 12.5. The fourth-order valence-electron chi connectivity index (χ4n) is 0.879. The number of rotatable bonds is 3. The highest BCUT2D eigenvalue weighted by Gasteiger charge is 2.21. The molecule has 0 aliphatic heterocycles. The zero-order valence-corrected chi connectivity index (χ0v) is 8.62. The van der Waals surface area contributed by atoms with Gasteiger partial charge in [0.25, 0.3) is 6.30 Å². The molecule has 0 radical (unpaired) electrons. The molecule has 0 bridgehead atoms. The lowest BCUT2D eigenvalue weighted by atomic mass is 10.6. The van der Waals surface area contributed by atoms with Crippen LogP contribution in [-0.2, 0) is 16.6 Å². The molecule has 7 heteroatoms. The Bertz CT molecular complexity index is 387. The van der Waals surface area contributed by atoms with Crippen molar-refractivity contribution >= 4 is 18.2 Å². The number of carbonyl (C=O) groups is 1. The highest BCUT2D eigenvalue weighted by molar-refractivity contribution is 7.71. The molecule has 1 unspecified atom stereocenters. The topological polar surface area (TPSA) is 49.1 Å². The van der Waals surface area contributed by atoms with Crippen LogP contribution in [0.4, 0.5) is 4.39 Å². The molecule has 0 fully saturated rings. The van der Waals surface area contributed by atoms with E-state index in [9.17, 15) is 9.18 Å². The lowest BCUT2D eigenvalue weighted by Crippen LogP contribution is -2.17. The van der Waals surface area contributed by atoms with E-state index in [4.69, 9.17) is 12.2 Å². The molecule has 1 heterocycles. The van der Waals surface area contributed by atoms with E-state index < -0.39 is 12.3 Å². The molecule has 0 N–H and O–H groups in total. The average molecular weight is 219 g/mol. The van der Waals surface area contributed by atoms with Crippen molar-refractivity contribution in [1.29, 1.82) is 0 Å². The van der Waals surface area contributed by atoms with Gasteiger partial charge in [-0.25, -0.2) is 13.9 Å². The van der Waals surface area contributed by atoms with Crippen molar-refractivity contribution in [2.24, 2.45) is 7.05 Å². The molecule has 1 aromatic heterocycles. The van der Waals surface area contributed by atoms with Crippen molar-refractivity contribution in [3.8, 4) is 0 Å². The van der Waals surface area contributed by atoms with E-state index in [1.165, 1.54) is 4.68 Å². The van der Waals surface area contributed by atoms with Crippen molar-refractivity contribution in [3.63, 3.8) is 0 Å². The van der Waals surface area contributed by atoms with E-state index in [1.807, 2.05) is 0 Å². The molecular formula is C7H10FN3O2S. The van der Waals surface area contributed by atoms with Gasteiger partial charge in [-0.2, -0.15) is 5.10 Å². The molecule has 0 amide bonds. The van der Waals surface area contributed by atoms with Gasteiger partial charge < -0.3 is 4.74 Å². The van der Waals surface area contributed by atoms with Crippen LogP contribution >= 0.6 is 12.2 Å². The largest absolute Gasteiger partial charge is 0.462 e. The molecule has 0 spiro atoms. The summed E-state index contributed by atoms with van der Waals surface area (Å²) in [6, 6.07) is 0. The van der Waals surface area contributed by atoms with Gasteiger partial charge in [-0.05, 0) is 19.1 Å². The summed E-state index contributed by atoms with van der Waals surface area (Å²) in [5.41, 5.74) is 0. The number of esters is 1. The van der Waals surface area contributed by atoms with Gasteiger partial charge in [-0.15, -0.1) is 0 Å². The first-order chi connectivity index (χ1) is 6.57. The van der Waals surface area contributed by atoms with Crippen LogP contribution in [-0.4, -0.2) is 26.9 Å². The van der Waals surface area contributed by atoms with Gasteiger partial charge in [0, 0.05) is 7.05 Å². The molecule has 78 valence electrons. The highest BCUT2D eigenvalue weighted by Crippen LogP contribution is 2.10. The Morgan fingerprint density at radius 3 is 2.93 bits per heavy atom. The molecule has 0 aromatic carbocycles. The quantitative estimate of drug-likeness (QED) is 0.561. The summed E-state index contributed by atoms with van der Waals surface area (Å²) in [5.74, 6) is -0.961. The number of hydrogen-bond donors (Lipinski definition) is 0. The van der Waals surface area contributed by atoms with Crippen LogP contribution in [0, 0.1) is 4.77 Å². The maximum absolute atomic E-state index is 13.4. The third-order valence-electron chi connectivity index (χ3n) is 1.57. The molecule has 5 nitrogen and oxygen atoms in total. The zero-order valence-electron chi connectivity index (χ0n) is 7.81. The second-order valence-electron chi connectivity index (χ2n) is 2.53. The predicted octanol–water partition coefficient (Wildman–Crippen LogP) is 0.982. The Morgan fingerprint density at radius 1 is 1.86 bits per heavy atom. The smallest absolute Gasteiger partial charge is 0.362 e. The second-order valence-corrected chi connectivity index (χ2v) is 2.90. The Morgan fingerprint density at radius 2 is 2.50 bits per heavy atom. The number of aromatic nitrogens is 3. The predicted molar refractivity (Wildman–Crippen MR) is 48.8 cm³/mol. The molecule has 1 aromatic rings. The maximum atomic E-state index is 13.4. The minimum atomic E-state index is -1.92. The lowest BCUT2D eigenvalue weighted by molar-refractivity contribution is -0.152. The molecule has 0 saturated heterocycles. The summed E-state index contributed by atoms with van der Waals surface area (Å²) < 4.78 is 20.2. The third kappa shape index (κ3) is 1.98. The van der Waals surface area contributed by atoms with Crippen molar-refractivity contribution in [3.05, 3.63) is 11.1 Å². The Hall–Kier alpha value is -1.24. The van der Waals surface area contributed by atoms with Crippen LogP contribution < -0.4 is 0 Å². The summed E-state index contributed by atoms with van der Waals surface area (Å²) in [6.45, 7) is 1.74. The number of halogens is 1. The van der Waals surface area contributed by atoms with E-state index in [1.54, 1.807) is 14.0 Å². The fourth-order valence-corrected chi connectivity index (χ4v) is 1.07. The summed E-state index contributed by atoms with van der Waals surface area (Å²) in [6.07, 6.45) is -0.764. The van der Waals surface area contributed by atoms with Gasteiger partial charge in [0.05, 0.1) is 6.61 Å². The zero-order chi connectivity index (χ0) is 10.7. The number of aryl methyl sites for hydroxylation is 1. The number of ether oxygens (including phenoxy) is 1. The number of nitrogens with zero attached hydrogens (tertiary/aromatic N) is 3. The van der Waals surface area contributed by atoms with Gasteiger partial charge in [0.2, 0.25) is 0 Å². The van der Waals surface area contributed by atoms with Gasteiger partial charge in [-0.1, -0.05) is 0 Å².